The van der Waals surface area contributed by atoms with E-state index in [1.54, 1.807) is 26.0 Å². The number of amides is 1. The number of nitrogens with two attached hydrogens (primary N) is 1. The van der Waals surface area contributed by atoms with Gasteiger partial charge >= 0.3 is 0 Å². The molecule has 120 valence electrons. The zero-order valence-electron chi connectivity index (χ0n) is 12.5. The second-order valence-corrected chi connectivity index (χ2v) is 7.08. The summed E-state index contributed by atoms with van der Waals surface area (Å²) >= 11 is 0. The maximum absolute atomic E-state index is 11.8. The first-order valence-electron chi connectivity index (χ1n) is 6.21. The summed E-state index contributed by atoms with van der Waals surface area (Å²) in [7, 11) is -2.09. The molecular weight excluding hydrogens is 314 g/mol. The quantitative estimate of drug-likeness (QED) is 0.745. The average molecular weight is 336 g/mol. The number of carbonyl (C=O) groups is 1. The molecule has 1 amide bonds. The Kier molecular flexibility index (Phi) is 6.82. The van der Waals surface area contributed by atoms with Gasteiger partial charge in [-0.1, -0.05) is 12.1 Å². The summed E-state index contributed by atoms with van der Waals surface area (Å²) in [6, 6.07) is 6.07. The molecule has 0 bridgehead atoms. The molecule has 0 fully saturated rings. The number of nitrogens with one attached hydrogen (secondary N) is 2. The summed E-state index contributed by atoms with van der Waals surface area (Å²) in [6.45, 7) is 5.06. The maximum atomic E-state index is 11.8. The van der Waals surface area contributed by atoms with Crippen LogP contribution in [-0.2, 0) is 14.8 Å². The van der Waals surface area contributed by atoms with Crippen molar-refractivity contribution in [3.05, 3.63) is 29.8 Å². The SMILES string of the molecule is CNS(=O)(=O)c1ccc(C(C)NC(=O)C(C)(C)N)cc1.Cl. The lowest BCUT2D eigenvalue weighted by Gasteiger charge is -2.22. The molecule has 4 N–H and O–H groups in total. The van der Waals surface area contributed by atoms with Gasteiger partial charge in [0.25, 0.3) is 0 Å². The van der Waals surface area contributed by atoms with Crippen LogP contribution >= 0.6 is 12.4 Å². The molecule has 0 aromatic heterocycles. The van der Waals surface area contributed by atoms with Crippen molar-refractivity contribution in [1.29, 1.82) is 0 Å². The molecule has 0 aliphatic carbocycles. The number of hydrogen-bond acceptors (Lipinski definition) is 4. The molecule has 1 atom stereocenters. The summed E-state index contributed by atoms with van der Waals surface area (Å²) in [4.78, 5) is 12.0. The third-order valence-corrected chi connectivity index (χ3v) is 4.32. The highest BCUT2D eigenvalue weighted by Crippen LogP contribution is 2.16. The van der Waals surface area contributed by atoms with Crippen molar-refractivity contribution in [2.24, 2.45) is 5.73 Å². The van der Waals surface area contributed by atoms with Crippen molar-refractivity contribution in [1.82, 2.24) is 10.0 Å². The second-order valence-electron chi connectivity index (χ2n) is 5.19. The highest BCUT2D eigenvalue weighted by molar-refractivity contribution is 7.89. The fourth-order valence-corrected chi connectivity index (χ4v) is 2.25. The molecule has 1 aromatic carbocycles. The Morgan fingerprint density at radius 3 is 2.10 bits per heavy atom. The van der Waals surface area contributed by atoms with Gasteiger partial charge in [-0.3, -0.25) is 4.79 Å². The number of rotatable bonds is 5. The lowest BCUT2D eigenvalue weighted by molar-refractivity contribution is -0.125. The molecule has 21 heavy (non-hydrogen) atoms. The third kappa shape index (κ3) is 5.28. The van der Waals surface area contributed by atoms with E-state index in [1.165, 1.54) is 19.2 Å². The Balaban J connectivity index is 0.00000400. The number of benzene rings is 1. The van der Waals surface area contributed by atoms with Crippen molar-refractivity contribution in [3.8, 4) is 0 Å². The molecule has 0 aliphatic heterocycles. The van der Waals surface area contributed by atoms with Gasteiger partial charge in [-0.05, 0) is 45.5 Å². The normalized spacial score (nSPS) is 13.2. The zero-order valence-corrected chi connectivity index (χ0v) is 14.1. The van der Waals surface area contributed by atoms with Gasteiger partial charge < -0.3 is 11.1 Å². The Morgan fingerprint density at radius 1 is 1.24 bits per heavy atom. The second kappa shape index (κ2) is 7.22. The Labute approximate surface area is 132 Å². The lowest BCUT2D eigenvalue weighted by Crippen LogP contribution is -2.49. The molecule has 0 saturated heterocycles. The minimum absolute atomic E-state index is 0. The molecule has 0 radical (unpaired) electrons. The summed E-state index contributed by atoms with van der Waals surface area (Å²) in [6.07, 6.45) is 0. The molecule has 1 rings (SSSR count). The largest absolute Gasteiger partial charge is 0.348 e. The zero-order chi connectivity index (χ0) is 15.6. The van der Waals surface area contributed by atoms with E-state index in [0.29, 0.717) is 0 Å². The number of sulfonamides is 1. The Morgan fingerprint density at radius 2 is 1.71 bits per heavy atom. The summed E-state index contributed by atoms with van der Waals surface area (Å²) in [5, 5.41) is 2.78. The van der Waals surface area contributed by atoms with Gasteiger partial charge in [0.15, 0.2) is 0 Å². The van der Waals surface area contributed by atoms with Crippen LogP contribution in [0.15, 0.2) is 29.2 Å². The number of hydrogen-bond donors (Lipinski definition) is 3. The van der Waals surface area contributed by atoms with Crippen LogP contribution < -0.4 is 15.8 Å². The average Bonchev–Trinajstić information content (AvgIpc) is 2.37. The van der Waals surface area contributed by atoms with Crippen LogP contribution in [0.5, 0.6) is 0 Å². The van der Waals surface area contributed by atoms with E-state index in [-0.39, 0.29) is 29.3 Å². The standard InChI is InChI=1S/C13H21N3O3S.ClH/c1-9(16-12(17)13(2,3)14)10-5-7-11(8-6-10)20(18,19)15-4;/h5-9,15H,14H2,1-4H3,(H,16,17);1H. The van der Waals surface area contributed by atoms with Gasteiger partial charge in [0.2, 0.25) is 15.9 Å². The minimum atomic E-state index is -3.44. The predicted molar refractivity (Wildman–Crippen MR) is 84.8 cm³/mol. The van der Waals surface area contributed by atoms with Crippen molar-refractivity contribution in [2.45, 2.75) is 37.2 Å². The van der Waals surface area contributed by atoms with Crippen LogP contribution in [0, 0.1) is 0 Å². The highest BCUT2D eigenvalue weighted by Gasteiger charge is 2.23. The van der Waals surface area contributed by atoms with Crippen LogP contribution in [-0.4, -0.2) is 26.9 Å². The van der Waals surface area contributed by atoms with Crippen LogP contribution in [0.3, 0.4) is 0 Å². The van der Waals surface area contributed by atoms with Gasteiger partial charge in [-0.15, -0.1) is 12.4 Å². The van der Waals surface area contributed by atoms with E-state index in [2.05, 4.69) is 10.0 Å². The van der Waals surface area contributed by atoms with Gasteiger partial charge in [0.1, 0.15) is 0 Å². The third-order valence-electron chi connectivity index (χ3n) is 2.89. The predicted octanol–water partition coefficient (Wildman–Crippen LogP) is 0.931. The van der Waals surface area contributed by atoms with Gasteiger partial charge in [0.05, 0.1) is 16.5 Å². The van der Waals surface area contributed by atoms with Gasteiger partial charge in [-0.25, -0.2) is 13.1 Å². The molecule has 0 saturated carbocycles. The van der Waals surface area contributed by atoms with Crippen LogP contribution in [0.2, 0.25) is 0 Å². The number of halogens is 1. The van der Waals surface area contributed by atoms with Gasteiger partial charge in [-0.2, -0.15) is 0 Å². The summed E-state index contributed by atoms with van der Waals surface area (Å²) in [5.41, 5.74) is 5.55. The Bertz CT molecular complexity index is 580. The molecule has 6 nitrogen and oxygen atoms in total. The number of carbonyl (C=O) groups excluding carboxylic acids is 1. The van der Waals surface area contributed by atoms with Crippen LogP contribution in [0.4, 0.5) is 0 Å². The van der Waals surface area contributed by atoms with Crippen molar-refractivity contribution >= 4 is 28.3 Å². The monoisotopic (exact) mass is 335 g/mol. The molecule has 0 spiro atoms. The van der Waals surface area contributed by atoms with Crippen molar-refractivity contribution < 1.29 is 13.2 Å². The summed E-state index contributed by atoms with van der Waals surface area (Å²) < 4.78 is 25.4. The van der Waals surface area contributed by atoms with E-state index in [0.717, 1.165) is 5.56 Å². The minimum Gasteiger partial charge on any atom is -0.348 e. The maximum Gasteiger partial charge on any atom is 0.240 e. The molecule has 0 aliphatic rings. The van der Waals surface area contributed by atoms with Crippen molar-refractivity contribution in [3.63, 3.8) is 0 Å². The van der Waals surface area contributed by atoms with E-state index >= 15 is 0 Å². The molecule has 8 heteroatoms. The van der Waals surface area contributed by atoms with E-state index < -0.39 is 15.6 Å². The fraction of sp³-hybridized carbons (Fsp3) is 0.462. The smallest absolute Gasteiger partial charge is 0.240 e. The lowest BCUT2D eigenvalue weighted by atomic mass is 10.0. The van der Waals surface area contributed by atoms with Crippen molar-refractivity contribution in [2.75, 3.05) is 7.05 Å². The first-order valence-corrected chi connectivity index (χ1v) is 7.69. The van der Waals surface area contributed by atoms with Crippen LogP contribution in [0.1, 0.15) is 32.4 Å². The molecule has 1 unspecified atom stereocenters. The summed E-state index contributed by atoms with van der Waals surface area (Å²) in [5.74, 6) is -0.267. The molecular formula is C13H22ClN3O3S. The first-order chi connectivity index (χ1) is 9.08. The molecule has 0 heterocycles. The fourth-order valence-electron chi connectivity index (χ4n) is 1.52. The highest BCUT2D eigenvalue weighted by atomic mass is 35.5. The van der Waals surface area contributed by atoms with Crippen LogP contribution in [0.25, 0.3) is 0 Å². The molecule has 1 aromatic rings. The first kappa shape index (κ1) is 19.9. The van der Waals surface area contributed by atoms with E-state index in [1.807, 2.05) is 6.92 Å². The van der Waals surface area contributed by atoms with E-state index in [4.69, 9.17) is 5.73 Å². The Hall–Kier alpha value is -1.15. The van der Waals surface area contributed by atoms with E-state index in [9.17, 15) is 13.2 Å². The van der Waals surface area contributed by atoms with Gasteiger partial charge in [0, 0.05) is 0 Å². The topological polar surface area (TPSA) is 101 Å².